The van der Waals surface area contributed by atoms with Gasteiger partial charge in [0.1, 0.15) is 0 Å². The first kappa shape index (κ1) is 15.1. The van der Waals surface area contributed by atoms with Gasteiger partial charge in [0.05, 0.1) is 16.5 Å². The maximum atomic E-state index is 11.8. The number of thioether (sulfide) groups is 1. The smallest absolute Gasteiger partial charge is 0.234 e. The van der Waals surface area contributed by atoms with Gasteiger partial charge in [0.25, 0.3) is 0 Å². The number of hydrogen-bond donors (Lipinski definition) is 2. The van der Waals surface area contributed by atoms with Crippen LogP contribution in [0.25, 0.3) is 0 Å². The number of hydrogen-bond acceptors (Lipinski definition) is 6. The predicted molar refractivity (Wildman–Crippen MR) is 85.0 cm³/mol. The number of carbonyl (C=O) groups is 1. The maximum absolute atomic E-state index is 11.8. The molecule has 2 aromatic rings. The van der Waals surface area contributed by atoms with E-state index in [0.29, 0.717) is 10.7 Å². The minimum Gasteiger partial charge on any atom is -0.363 e. The van der Waals surface area contributed by atoms with Crippen LogP contribution in [-0.2, 0) is 4.79 Å². The van der Waals surface area contributed by atoms with E-state index in [0.717, 1.165) is 15.0 Å². The number of carbonyl (C=O) groups excluding carboxylic acids is 1. The molecule has 0 aliphatic carbocycles. The number of halogens is 1. The summed E-state index contributed by atoms with van der Waals surface area (Å²) in [6, 6.07) is 5.51. The highest BCUT2D eigenvalue weighted by atomic mass is 35.5. The third-order valence-corrected chi connectivity index (χ3v) is 4.73. The third kappa shape index (κ3) is 4.09. The van der Waals surface area contributed by atoms with Crippen LogP contribution in [0.1, 0.15) is 5.56 Å². The van der Waals surface area contributed by atoms with E-state index in [-0.39, 0.29) is 11.7 Å². The van der Waals surface area contributed by atoms with Crippen LogP contribution in [0.4, 0.5) is 10.8 Å². The second-order valence-electron chi connectivity index (χ2n) is 3.94. The Labute approximate surface area is 130 Å². The molecule has 2 N–H and O–H groups in total. The highest BCUT2D eigenvalue weighted by Crippen LogP contribution is 2.26. The summed E-state index contributed by atoms with van der Waals surface area (Å²) >= 11 is 8.82. The fourth-order valence-corrected chi connectivity index (χ4v) is 3.19. The van der Waals surface area contributed by atoms with E-state index >= 15 is 0 Å². The topological polar surface area (TPSA) is 66.9 Å². The molecule has 0 saturated carbocycles. The summed E-state index contributed by atoms with van der Waals surface area (Å²) in [7, 11) is 1.78. The number of anilines is 2. The Balaban J connectivity index is 1.89. The van der Waals surface area contributed by atoms with Gasteiger partial charge < -0.3 is 10.6 Å². The second-order valence-corrected chi connectivity index (χ2v) is 6.55. The van der Waals surface area contributed by atoms with Gasteiger partial charge in [-0.2, -0.15) is 0 Å². The molecule has 0 fully saturated rings. The lowest BCUT2D eigenvalue weighted by molar-refractivity contribution is -0.113. The van der Waals surface area contributed by atoms with Crippen LogP contribution in [0.3, 0.4) is 0 Å². The molecule has 0 aliphatic rings. The second kappa shape index (κ2) is 6.92. The average molecular weight is 329 g/mol. The van der Waals surface area contributed by atoms with Crippen LogP contribution in [0.5, 0.6) is 0 Å². The summed E-state index contributed by atoms with van der Waals surface area (Å²) in [6.07, 6.45) is 0. The minimum atomic E-state index is -0.123. The SMILES string of the molecule is CNc1nnc(SCC(=O)Nc2ccc(C)cc2Cl)s1. The Morgan fingerprint density at radius 1 is 1.45 bits per heavy atom. The highest BCUT2D eigenvalue weighted by molar-refractivity contribution is 8.01. The molecule has 0 bridgehead atoms. The Kier molecular flexibility index (Phi) is 5.22. The van der Waals surface area contributed by atoms with Crippen molar-refractivity contribution in [1.29, 1.82) is 0 Å². The fourth-order valence-electron chi connectivity index (χ4n) is 1.40. The van der Waals surface area contributed by atoms with E-state index in [1.807, 2.05) is 19.1 Å². The molecule has 2 rings (SSSR count). The molecule has 106 valence electrons. The molecule has 0 spiro atoms. The molecule has 0 saturated heterocycles. The van der Waals surface area contributed by atoms with E-state index in [1.54, 1.807) is 13.1 Å². The molecule has 1 heterocycles. The molecule has 20 heavy (non-hydrogen) atoms. The van der Waals surface area contributed by atoms with E-state index in [1.165, 1.54) is 23.1 Å². The van der Waals surface area contributed by atoms with Crippen LogP contribution in [0.15, 0.2) is 22.5 Å². The van der Waals surface area contributed by atoms with Crippen molar-refractivity contribution in [2.24, 2.45) is 0 Å². The van der Waals surface area contributed by atoms with Crippen LogP contribution in [-0.4, -0.2) is 28.9 Å². The fraction of sp³-hybridized carbons (Fsp3) is 0.250. The molecule has 1 aromatic carbocycles. The molecule has 0 radical (unpaired) electrons. The number of amides is 1. The van der Waals surface area contributed by atoms with Gasteiger partial charge in [0, 0.05) is 7.05 Å². The van der Waals surface area contributed by atoms with Gasteiger partial charge in [-0.1, -0.05) is 40.8 Å². The number of nitrogens with one attached hydrogen (secondary N) is 2. The lowest BCUT2D eigenvalue weighted by atomic mass is 10.2. The van der Waals surface area contributed by atoms with Gasteiger partial charge in [0.2, 0.25) is 11.0 Å². The quantitative estimate of drug-likeness (QED) is 0.824. The normalized spacial score (nSPS) is 10.3. The molecular weight excluding hydrogens is 316 g/mol. The first-order valence-corrected chi connectivity index (χ1v) is 7.96. The number of aromatic nitrogens is 2. The van der Waals surface area contributed by atoms with Crippen molar-refractivity contribution < 1.29 is 4.79 Å². The summed E-state index contributed by atoms with van der Waals surface area (Å²) in [5.41, 5.74) is 1.67. The summed E-state index contributed by atoms with van der Waals surface area (Å²) in [5.74, 6) is 0.143. The minimum absolute atomic E-state index is 0.123. The molecule has 1 aromatic heterocycles. The summed E-state index contributed by atoms with van der Waals surface area (Å²) in [5, 5.41) is 14.8. The Morgan fingerprint density at radius 3 is 2.90 bits per heavy atom. The summed E-state index contributed by atoms with van der Waals surface area (Å²) in [6.45, 7) is 1.95. The van der Waals surface area contributed by atoms with Gasteiger partial charge >= 0.3 is 0 Å². The molecule has 0 aliphatic heterocycles. The number of nitrogens with zero attached hydrogens (tertiary/aromatic N) is 2. The zero-order valence-electron chi connectivity index (χ0n) is 10.9. The molecular formula is C12H13ClN4OS2. The largest absolute Gasteiger partial charge is 0.363 e. The third-order valence-electron chi connectivity index (χ3n) is 2.35. The lowest BCUT2D eigenvalue weighted by Gasteiger charge is -2.07. The van der Waals surface area contributed by atoms with Gasteiger partial charge in [-0.05, 0) is 24.6 Å². The Bertz CT molecular complexity index is 617. The highest BCUT2D eigenvalue weighted by Gasteiger charge is 2.09. The Morgan fingerprint density at radius 2 is 2.25 bits per heavy atom. The summed E-state index contributed by atoms with van der Waals surface area (Å²) in [4.78, 5) is 11.8. The van der Waals surface area contributed by atoms with Gasteiger partial charge in [0.15, 0.2) is 4.34 Å². The van der Waals surface area contributed by atoms with E-state index < -0.39 is 0 Å². The molecule has 8 heteroatoms. The van der Waals surface area contributed by atoms with E-state index in [9.17, 15) is 4.79 Å². The van der Waals surface area contributed by atoms with Crippen LogP contribution in [0, 0.1) is 6.92 Å². The van der Waals surface area contributed by atoms with E-state index in [2.05, 4.69) is 20.8 Å². The van der Waals surface area contributed by atoms with Crippen molar-refractivity contribution in [3.8, 4) is 0 Å². The van der Waals surface area contributed by atoms with Gasteiger partial charge in [-0.3, -0.25) is 4.79 Å². The summed E-state index contributed by atoms with van der Waals surface area (Å²) < 4.78 is 0.750. The Hall–Kier alpha value is -1.31. The molecule has 0 atom stereocenters. The zero-order chi connectivity index (χ0) is 14.5. The van der Waals surface area contributed by atoms with E-state index in [4.69, 9.17) is 11.6 Å². The van der Waals surface area contributed by atoms with Gasteiger partial charge in [-0.25, -0.2) is 0 Å². The first-order valence-electron chi connectivity index (χ1n) is 5.78. The van der Waals surface area contributed by atoms with Crippen molar-refractivity contribution >= 4 is 51.4 Å². The van der Waals surface area contributed by atoms with Crippen molar-refractivity contribution in [3.05, 3.63) is 28.8 Å². The lowest BCUT2D eigenvalue weighted by Crippen LogP contribution is -2.14. The van der Waals surface area contributed by atoms with Crippen LogP contribution >= 0.6 is 34.7 Å². The number of benzene rings is 1. The standard InChI is InChI=1S/C12H13ClN4OS2/c1-7-3-4-9(8(13)5-7)15-10(18)6-19-12-17-16-11(14-2)20-12/h3-5H,6H2,1-2H3,(H,14,16)(H,15,18). The number of aryl methyl sites for hydroxylation is 1. The van der Waals surface area contributed by atoms with Crippen LogP contribution in [0.2, 0.25) is 5.02 Å². The maximum Gasteiger partial charge on any atom is 0.234 e. The predicted octanol–water partition coefficient (Wildman–Crippen LogP) is 3.27. The molecule has 1 amide bonds. The van der Waals surface area contributed by atoms with Crippen molar-refractivity contribution in [1.82, 2.24) is 10.2 Å². The molecule has 0 unspecified atom stereocenters. The zero-order valence-corrected chi connectivity index (χ0v) is 13.3. The van der Waals surface area contributed by atoms with Crippen molar-refractivity contribution in [2.75, 3.05) is 23.4 Å². The molecule has 5 nitrogen and oxygen atoms in total. The van der Waals surface area contributed by atoms with Crippen LogP contribution < -0.4 is 10.6 Å². The number of rotatable bonds is 5. The van der Waals surface area contributed by atoms with Crippen molar-refractivity contribution in [3.63, 3.8) is 0 Å². The average Bonchev–Trinajstić information content (AvgIpc) is 2.88. The first-order chi connectivity index (χ1) is 9.58. The van der Waals surface area contributed by atoms with Crippen molar-refractivity contribution in [2.45, 2.75) is 11.3 Å². The van der Waals surface area contributed by atoms with Gasteiger partial charge in [-0.15, -0.1) is 10.2 Å². The monoisotopic (exact) mass is 328 g/mol.